The number of carbonyl (C=O) groups excluding carboxylic acids is 1. The molecule has 0 aromatic heterocycles. The van der Waals surface area contributed by atoms with Crippen LogP contribution in [0.2, 0.25) is 0 Å². The lowest BCUT2D eigenvalue weighted by atomic mass is 10.2. The molecule has 1 fully saturated rings. The minimum Gasteiger partial charge on any atom is -0.468 e. The summed E-state index contributed by atoms with van der Waals surface area (Å²) in [6.07, 6.45) is 3.81. The zero-order chi connectivity index (χ0) is 11.3. The molecule has 0 aromatic rings. The summed E-state index contributed by atoms with van der Waals surface area (Å²) in [6, 6.07) is 0.724. The lowest BCUT2D eigenvalue weighted by Gasteiger charge is -2.19. The van der Waals surface area contributed by atoms with Gasteiger partial charge in [-0.25, -0.2) is 0 Å². The predicted molar refractivity (Wildman–Crippen MR) is 64.2 cm³/mol. The van der Waals surface area contributed by atoms with Crippen molar-refractivity contribution < 1.29 is 9.53 Å². The van der Waals surface area contributed by atoms with Crippen molar-refractivity contribution in [3.63, 3.8) is 0 Å². The highest BCUT2D eigenvalue weighted by Crippen LogP contribution is 2.21. The van der Waals surface area contributed by atoms with Gasteiger partial charge >= 0.3 is 5.97 Å². The second kappa shape index (κ2) is 6.38. The normalized spacial score (nSPS) is 24.1. The Morgan fingerprint density at radius 1 is 1.67 bits per heavy atom. The molecule has 1 rings (SSSR count). The number of methoxy groups -OCH3 is 1. The molecule has 0 unspecified atom stereocenters. The molecular formula is C11H21NO2S. The Bertz CT molecular complexity index is 211. The van der Waals surface area contributed by atoms with Gasteiger partial charge in [-0.3, -0.25) is 4.79 Å². The Morgan fingerprint density at radius 3 is 2.93 bits per heavy atom. The van der Waals surface area contributed by atoms with E-state index in [1.165, 1.54) is 32.9 Å². The van der Waals surface area contributed by atoms with Crippen LogP contribution >= 0.6 is 11.8 Å². The maximum Gasteiger partial charge on any atom is 0.318 e. The first kappa shape index (κ1) is 12.8. The number of ether oxygens (including phenoxy) is 1. The molecular weight excluding hydrogens is 210 g/mol. The van der Waals surface area contributed by atoms with Gasteiger partial charge < -0.3 is 9.64 Å². The number of likely N-dealkylation sites (tertiary alicyclic amines) is 1. The van der Waals surface area contributed by atoms with E-state index < -0.39 is 0 Å². The third-order valence-corrected chi connectivity index (χ3v) is 4.19. The molecule has 1 aliphatic rings. The van der Waals surface area contributed by atoms with Crippen molar-refractivity contribution in [1.29, 1.82) is 0 Å². The number of hydrogen-bond donors (Lipinski definition) is 0. The topological polar surface area (TPSA) is 29.5 Å². The lowest BCUT2D eigenvalue weighted by Crippen LogP contribution is -2.25. The molecule has 88 valence electrons. The zero-order valence-electron chi connectivity index (χ0n) is 9.86. The SMILES string of the molecule is COC(=O)[C@@H](C)SCC[C@H]1CCCN1C. The lowest BCUT2D eigenvalue weighted by molar-refractivity contribution is -0.139. The van der Waals surface area contributed by atoms with Gasteiger partial charge in [0.15, 0.2) is 0 Å². The monoisotopic (exact) mass is 231 g/mol. The van der Waals surface area contributed by atoms with E-state index in [1.807, 2.05) is 6.92 Å². The van der Waals surface area contributed by atoms with Gasteiger partial charge in [-0.1, -0.05) is 0 Å². The Balaban J connectivity index is 2.13. The highest BCUT2D eigenvalue weighted by molar-refractivity contribution is 8.00. The van der Waals surface area contributed by atoms with Crippen LogP contribution in [0, 0.1) is 0 Å². The quantitative estimate of drug-likeness (QED) is 0.674. The molecule has 0 spiro atoms. The fourth-order valence-corrected chi connectivity index (χ4v) is 2.95. The van der Waals surface area contributed by atoms with Crippen LogP contribution in [0.1, 0.15) is 26.2 Å². The Kier molecular flexibility index (Phi) is 5.47. The van der Waals surface area contributed by atoms with Crippen LogP contribution in [0.4, 0.5) is 0 Å². The van der Waals surface area contributed by atoms with Gasteiger partial charge in [0.25, 0.3) is 0 Å². The maximum atomic E-state index is 11.1. The summed E-state index contributed by atoms with van der Waals surface area (Å²) in [6.45, 7) is 3.14. The second-order valence-corrected chi connectivity index (χ2v) is 5.55. The Hall–Kier alpha value is -0.220. The van der Waals surface area contributed by atoms with Gasteiger partial charge in [-0.05, 0) is 45.5 Å². The van der Waals surface area contributed by atoms with Gasteiger partial charge in [0.2, 0.25) is 0 Å². The number of hydrogen-bond acceptors (Lipinski definition) is 4. The van der Waals surface area contributed by atoms with Crippen LogP contribution in [0.5, 0.6) is 0 Å². The minimum atomic E-state index is -0.111. The number of esters is 1. The van der Waals surface area contributed by atoms with Crippen LogP contribution in [0.25, 0.3) is 0 Å². The molecule has 0 N–H and O–H groups in total. The highest BCUT2D eigenvalue weighted by atomic mass is 32.2. The zero-order valence-corrected chi connectivity index (χ0v) is 10.7. The number of thioether (sulfide) groups is 1. The molecule has 0 aliphatic carbocycles. The Morgan fingerprint density at radius 2 is 2.40 bits per heavy atom. The van der Waals surface area contributed by atoms with E-state index in [9.17, 15) is 4.79 Å². The van der Waals surface area contributed by atoms with E-state index in [4.69, 9.17) is 0 Å². The first-order chi connectivity index (χ1) is 7.15. The van der Waals surface area contributed by atoms with Gasteiger partial charge in [0.05, 0.1) is 12.4 Å². The smallest absolute Gasteiger partial charge is 0.318 e. The van der Waals surface area contributed by atoms with Crippen molar-refractivity contribution in [3.8, 4) is 0 Å². The third-order valence-electron chi connectivity index (χ3n) is 3.02. The summed E-state index contributed by atoms with van der Waals surface area (Å²) < 4.78 is 4.69. The van der Waals surface area contributed by atoms with Crippen LogP contribution < -0.4 is 0 Å². The van der Waals surface area contributed by atoms with Crippen LogP contribution in [0.3, 0.4) is 0 Å². The van der Waals surface area contributed by atoms with E-state index in [0.29, 0.717) is 0 Å². The molecule has 0 aromatic carbocycles. The van der Waals surface area contributed by atoms with Crippen molar-refractivity contribution in [1.82, 2.24) is 4.90 Å². The largest absolute Gasteiger partial charge is 0.468 e. The van der Waals surface area contributed by atoms with Crippen molar-refractivity contribution in [2.45, 2.75) is 37.5 Å². The van der Waals surface area contributed by atoms with Crippen molar-refractivity contribution in [2.75, 3.05) is 26.5 Å². The van der Waals surface area contributed by atoms with Gasteiger partial charge in [0, 0.05) is 6.04 Å². The molecule has 2 atom stereocenters. The number of carbonyl (C=O) groups is 1. The van der Waals surface area contributed by atoms with Crippen LogP contribution in [-0.4, -0.2) is 48.6 Å². The molecule has 3 nitrogen and oxygen atoms in total. The van der Waals surface area contributed by atoms with E-state index in [1.54, 1.807) is 11.8 Å². The molecule has 0 amide bonds. The van der Waals surface area contributed by atoms with Crippen molar-refractivity contribution in [3.05, 3.63) is 0 Å². The van der Waals surface area contributed by atoms with Crippen molar-refractivity contribution in [2.24, 2.45) is 0 Å². The summed E-state index contributed by atoms with van der Waals surface area (Å²) in [7, 11) is 3.64. The van der Waals surface area contributed by atoms with E-state index in [2.05, 4.69) is 16.7 Å². The summed E-state index contributed by atoms with van der Waals surface area (Å²) in [5, 5.41) is -0.0262. The molecule has 1 saturated heterocycles. The van der Waals surface area contributed by atoms with E-state index in [0.717, 1.165) is 11.8 Å². The minimum absolute atomic E-state index is 0.0262. The molecule has 1 heterocycles. The maximum absolute atomic E-state index is 11.1. The predicted octanol–water partition coefficient (Wildman–Crippen LogP) is 1.77. The average molecular weight is 231 g/mol. The molecule has 0 radical (unpaired) electrons. The molecule has 0 bridgehead atoms. The van der Waals surface area contributed by atoms with Crippen molar-refractivity contribution >= 4 is 17.7 Å². The third kappa shape index (κ3) is 4.03. The molecule has 15 heavy (non-hydrogen) atoms. The van der Waals surface area contributed by atoms with Crippen LogP contribution in [-0.2, 0) is 9.53 Å². The Labute approximate surface area is 96.5 Å². The molecule has 4 heteroatoms. The first-order valence-corrected chi connectivity index (χ1v) is 6.59. The van der Waals surface area contributed by atoms with E-state index in [-0.39, 0.29) is 11.2 Å². The van der Waals surface area contributed by atoms with E-state index >= 15 is 0 Å². The summed E-state index contributed by atoms with van der Waals surface area (Å²) >= 11 is 1.70. The fourth-order valence-electron chi connectivity index (χ4n) is 1.96. The standard InChI is InChI=1S/C11H21NO2S/c1-9(11(13)14-3)15-8-6-10-5-4-7-12(10)2/h9-10H,4-8H2,1-3H3/t9-,10-/m1/s1. The van der Waals surface area contributed by atoms with Gasteiger partial charge in [-0.2, -0.15) is 0 Å². The van der Waals surface area contributed by atoms with Gasteiger partial charge in [0.1, 0.15) is 0 Å². The fraction of sp³-hybridized carbons (Fsp3) is 0.909. The summed E-state index contributed by atoms with van der Waals surface area (Å²) in [5.41, 5.74) is 0. The first-order valence-electron chi connectivity index (χ1n) is 5.55. The number of nitrogens with zero attached hydrogens (tertiary/aromatic N) is 1. The van der Waals surface area contributed by atoms with Crippen LogP contribution in [0.15, 0.2) is 0 Å². The molecule has 1 aliphatic heterocycles. The molecule has 0 saturated carbocycles. The second-order valence-electron chi connectivity index (χ2n) is 4.10. The summed E-state index contributed by atoms with van der Waals surface area (Å²) in [5.74, 6) is 0.936. The van der Waals surface area contributed by atoms with Gasteiger partial charge in [-0.15, -0.1) is 11.8 Å². The average Bonchev–Trinajstić information content (AvgIpc) is 2.63. The summed E-state index contributed by atoms with van der Waals surface area (Å²) in [4.78, 5) is 13.6. The highest BCUT2D eigenvalue weighted by Gasteiger charge is 2.21. The number of rotatable bonds is 5.